The van der Waals surface area contributed by atoms with Gasteiger partial charge in [-0.25, -0.2) is 0 Å². The molecule has 1 aliphatic rings. The summed E-state index contributed by atoms with van der Waals surface area (Å²) in [5.41, 5.74) is 2.86. The van der Waals surface area contributed by atoms with E-state index >= 15 is 0 Å². The minimum atomic E-state index is -0.0419. The fourth-order valence-corrected chi connectivity index (χ4v) is 3.25. The molecule has 3 rings (SSSR count). The van der Waals surface area contributed by atoms with Crippen LogP contribution in [0.2, 0.25) is 0 Å². The number of amides is 1. The molecule has 0 aliphatic carbocycles. The van der Waals surface area contributed by atoms with Gasteiger partial charge in [0.1, 0.15) is 5.75 Å². The molecule has 25 heavy (non-hydrogen) atoms. The van der Waals surface area contributed by atoms with E-state index in [1.807, 2.05) is 48.5 Å². The largest absolute Gasteiger partial charge is 0.493 e. The van der Waals surface area contributed by atoms with Crippen LogP contribution < -0.4 is 15.0 Å². The summed E-state index contributed by atoms with van der Waals surface area (Å²) < 4.78 is 5.66. The Morgan fingerprint density at radius 2 is 1.92 bits per heavy atom. The van der Waals surface area contributed by atoms with Crippen LogP contribution in [0.15, 0.2) is 48.5 Å². The normalized spacial score (nSPS) is 16.1. The van der Waals surface area contributed by atoms with Crippen molar-refractivity contribution in [1.82, 2.24) is 5.32 Å². The average molecular weight is 338 g/mol. The molecule has 1 amide bonds. The van der Waals surface area contributed by atoms with Gasteiger partial charge in [0.15, 0.2) is 0 Å². The van der Waals surface area contributed by atoms with Gasteiger partial charge >= 0.3 is 0 Å². The van der Waals surface area contributed by atoms with E-state index in [2.05, 4.69) is 31.1 Å². The van der Waals surface area contributed by atoms with Crippen molar-refractivity contribution in [2.45, 2.75) is 26.3 Å². The van der Waals surface area contributed by atoms with E-state index < -0.39 is 0 Å². The highest BCUT2D eigenvalue weighted by atomic mass is 16.5. The Morgan fingerprint density at radius 1 is 1.20 bits per heavy atom. The van der Waals surface area contributed by atoms with Crippen molar-refractivity contribution in [2.75, 3.05) is 25.1 Å². The Morgan fingerprint density at radius 3 is 2.64 bits per heavy atom. The number of hydrogen-bond donors (Lipinski definition) is 1. The van der Waals surface area contributed by atoms with E-state index in [4.69, 9.17) is 4.74 Å². The number of carbonyl (C=O) groups excluding carboxylic acids is 1. The molecule has 0 bridgehead atoms. The Bertz CT molecular complexity index is 725. The summed E-state index contributed by atoms with van der Waals surface area (Å²) >= 11 is 0. The lowest BCUT2D eigenvalue weighted by molar-refractivity contribution is 0.0925. The van der Waals surface area contributed by atoms with E-state index in [9.17, 15) is 4.79 Å². The number of para-hydroxylation sites is 1. The highest BCUT2D eigenvalue weighted by Gasteiger charge is 2.23. The molecule has 2 aromatic carbocycles. The maximum atomic E-state index is 12.6. The van der Waals surface area contributed by atoms with Gasteiger partial charge in [-0.15, -0.1) is 0 Å². The van der Waals surface area contributed by atoms with Crippen LogP contribution in [0, 0.1) is 5.92 Å². The molecule has 0 aromatic heterocycles. The summed E-state index contributed by atoms with van der Waals surface area (Å²) in [6.45, 7) is 6.01. The molecule has 0 fully saturated rings. The van der Waals surface area contributed by atoms with Gasteiger partial charge in [0.25, 0.3) is 5.91 Å². The summed E-state index contributed by atoms with van der Waals surface area (Å²) in [6.07, 6.45) is 0.790. The number of hydrogen-bond acceptors (Lipinski definition) is 3. The van der Waals surface area contributed by atoms with Crippen LogP contribution in [0.1, 0.15) is 42.2 Å². The van der Waals surface area contributed by atoms with Gasteiger partial charge in [0, 0.05) is 36.8 Å². The molecule has 0 spiro atoms. The zero-order chi connectivity index (χ0) is 17.8. The second-order valence-corrected chi connectivity index (χ2v) is 7.02. The molecule has 1 atom stereocenters. The number of nitrogens with one attached hydrogen (secondary N) is 1. The topological polar surface area (TPSA) is 41.6 Å². The van der Waals surface area contributed by atoms with Gasteiger partial charge in [0.05, 0.1) is 12.6 Å². The van der Waals surface area contributed by atoms with Crippen LogP contribution in [-0.4, -0.2) is 26.1 Å². The molecule has 4 nitrogen and oxygen atoms in total. The first-order valence-corrected chi connectivity index (χ1v) is 8.88. The first-order chi connectivity index (χ1) is 12.0. The number of carbonyl (C=O) groups is 1. The minimum Gasteiger partial charge on any atom is -0.493 e. The van der Waals surface area contributed by atoms with Gasteiger partial charge < -0.3 is 15.0 Å². The van der Waals surface area contributed by atoms with Crippen molar-refractivity contribution in [3.63, 3.8) is 0 Å². The molecule has 1 unspecified atom stereocenters. The summed E-state index contributed by atoms with van der Waals surface area (Å²) in [7, 11) is 2.08. The second-order valence-electron chi connectivity index (χ2n) is 7.02. The minimum absolute atomic E-state index is 0.000686. The lowest BCUT2D eigenvalue weighted by atomic mass is 10.00. The number of fused-ring (bicyclic) bond motifs is 1. The van der Waals surface area contributed by atoms with E-state index in [0.717, 1.165) is 30.0 Å². The maximum absolute atomic E-state index is 12.6. The third kappa shape index (κ3) is 4.13. The van der Waals surface area contributed by atoms with Crippen LogP contribution in [0.3, 0.4) is 0 Å². The molecule has 0 saturated heterocycles. The summed E-state index contributed by atoms with van der Waals surface area (Å²) in [6, 6.07) is 15.7. The first-order valence-electron chi connectivity index (χ1n) is 8.88. The van der Waals surface area contributed by atoms with Crippen molar-refractivity contribution in [3.05, 3.63) is 59.7 Å². The van der Waals surface area contributed by atoms with Crippen molar-refractivity contribution < 1.29 is 9.53 Å². The van der Waals surface area contributed by atoms with Crippen molar-refractivity contribution >= 4 is 11.6 Å². The molecule has 0 saturated carbocycles. The highest BCUT2D eigenvalue weighted by molar-refractivity contribution is 5.94. The lowest BCUT2D eigenvalue weighted by Crippen LogP contribution is -2.32. The third-order valence-electron chi connectivity index (χ3n) is 4.47. The van der Waals surface area contributed by atoms with Gasteiger partial charge in [-0.3, -0.25) is 4.79 Å². The van der Waals surface area contributed by atoms with E-state index in [-0.39, 0.29) is 11.9 Å². The van der Waals surface area contributed by atoms with E-state index in [1.54, 1.807) is 0 Å². The van der Waals surface area contributed by atoms with Crippen LogP contribution in [0.5, 0.6) is 5.75 Å². The van der Waals surface area contributed by atoms with E-state index in [1.165, 1.54) is 0 Å². The van der Waals surface area contributed by atoms with Crippen LogP contribution >= 0.6 is 0 Å². The van der Waals surface area contributed by atoms with Gasteiger partial charge in [-0.2, -0.15) is 0 Å². The molecular weight excluding hydrogens is 312 g/mol. The number of ether oxygens (including phenoxy) is 1. The van der Waals surface area contributed by atoms with Crippen LogP contribution in [0.25, 0.3) is 0 Å². The van der Waals surface area contributed by atoms with Crippen LogP contribution in [0.4, 0.5) is 5.69 Å². The SMILES string of the molecule is CC(C)CN(C)c1ccc(C(=O)NC2CCOc3ccccc32)cc1. The average Bonchev–Trinajstić information content (AvgIpc) is 2.61. The molecule has 2 aromatic rings. The third-order valence-corrected chi connectivity index (χ3v) is 4.47. The number of rotatable bonds is 5. The van der Waals surface area contributed by atoms with Crippen LogP contribution in [-0.2, 0) is 0 Å². The lowest BCUT2D eigenvalue weighted by Gasteiger charge is -2.26. The Labute approximate surface area is 149 Å². The molecular formula is C21H26N2O2. The fourth-order valence-electron chi connectivity index (χ4n) is 3.25. The van der Waals surface area contributed by atoms with Crippen molar-refractivity contribution in [2.24, 2.45) is 5.92 Å². The Kier molecular flexibility index (Phi) is 5.27. The number of nitrogens with zero attached hydrogens (tertiary/aromatic N) is 1. The Hall–Kier alpha value is -2.49. The fraction of sp³-hybridized carbons (Fsp3) is 0.381. The molecule has 1 aliphatic heterocycles. The summed E-state index contributed by atoms with van der Waals surface area (Å²) in [5, 5.41) is 3.14. The molecule has 4 heteroatoms. The Balaban J connectivity index is 1.68. The zero-order valence-electron chi connectivity index (χ0n) is 15.2. The van der Waals surface area contributed by atoms with Gasteiger partial charge in [-0.1, -0.05) is 32.0 Å². The highest BCUT2D eigenvalue weighted by Crippen LogP contribution is 2.31. The second kappa shape index (κ2) is 7.60. The maximum Gasteiger partial charge on any atom is 0.251 e. The standard InChI is InChI=1S/C21H26N2O2/c1-15(2)14-23(3)17-10-8-16(9-11-17)21(24)22-19-12-13-25-20-7-5-4-6-18(19)20/h4-11,15,19H,12-14H2,1-3H3,(H,22,24). The predicted molar refractivity (Wildman–Crippen MR) is 101 cm³/mol. The number of benzene rings is 2. The summed E-state index contributed by atoms with van der Waals surface area (Å²) in [5.74, 6) is 1.42. The van der Waals surface area contributed by atoms with Gasteiger partial charge in [-0.05, 0) is 36.2 Å². The van der Waals surface area contributed by atoms with Gasteiger partial charge in [0.2, 0.25) is 0 Å². The quantitative estimate of drug-likeness (QED) is 0.895. The smallest absolute Gasteiger partial charge is 0.251 e. The monoisotopic (exact) mass is 338 g/mol. The van der Waals surface area contributed by atoms with Crippen molar-refractivity contribution in [1.29, 1.82) is 0 Å². The molecule has 0 radical (unpaired) electrons. The van der Waals surface area contributed by atoms with E-state index in [0.29, 0.717) is 18.1 Å². The number of anilines is 1. The molecule has 1 heterocycles. The first kappa shape index (κ1) is 17.3. The zero-order valence-corrected chi connectivity index (χ0v) is 15.2. The molecule has 132 valence electrons. The summed E-state index contributed by atoms with van der Waals surface area (Å²) in [4.78, 5) is 14.8. The van der Waals surface area contributed by atoms with Crippen molar-refractivity contribution in [3.8, 4) is 5.75 Å². The predicted octanol–water partition coefficient (Wildman–Crippen LogP) is 4.03. The molecule has 1 N–H and O–H groups in total.